The first-order valence-corrected chi connectivity index (χ1v) is 13.2. The van der Waals surface area contributed by atoms with E-state index in [-0.39, 0.29) is 12.5 Å². The van der Waals surface area contributed by atoms with Crippen molar-refractivity contribution < 1.29 is 19.1 Å². The summed E-state index contributed by atoms with van der Waals surface area (Å²) in [4.78, 5) is 47.3. The highest BCUT2D eigenvalue weighted by molar-refractivity contribution is 9.11. The van der Waals surface area contributed by atoms with Crippen LogP contribution in [0.5, 0.6) is 5.75 Å². The van der Waals surface area contributed by atoms with Crippen LogP contribution in [-0.2, 0) is 9.59 Å². The lowest BCUT2D eigenvalue weighted by Crippen LogP contribution is -2.51. The zero-order valence-electron chi connectivity index (χ0n) is 20.9. The summed E-state index contributed by atoms with van der Waals surface area (Å²) in [5, 5.41) is 5.36. The second-order valence-corrected chi connectivity index (χ2v) is 10.1. The normalized spacial score (nSPS) is 14.7. The first kappa shape index (κ1) is 27.3. The summed E-state index contributed by atoms with van der Waals surface area (Å²) in [6, 6.07) is 19.1. The van der Waals surface area contributed by atoms with Gasteiger partial charge >= 0.3 is 6.03 Å². The summed E-state index contributed by atoms with van der Waals surface area (Å²) in [6.45, 7) is 1.52. The van der Waals surface area contributed by atoms with Crippen LogP contribution in [0, 0.1) is 0 Å². The van der Waals surface area contributed by atoms with Crippen LogP contribution in [-0.4, -0.2) is 50.4 Å². The molecule has 0 aromatic heterocycles. The monoisotopic (exact) mass is 641 g/mol. The maximum absolute atomic E-state index is 13.7. The van der Waals surface area contributed by atoms with Gasteiger partial charge in [0.05, 0.1) is 23.0 Å². The van der Waals surface area contributed by atoms with E-state index in [4.69, 9.17) is 4.74 Å². The molecule has 9 nitrogen and oxygen atoms in total. The number of hydrogen-bond donors (Lipinski definition) is 2. The highest BCUT2D eigenvalue weighted by atomic mass is 79.9. The van der Waals surface area contributed by atoms with Crippen LogP contribution in [0.4, 0.5) is 21.9 Å². The molecule has 3 aromatic carbocycles. The Morgan fingerprint density at radius 1 is 1.05 bits per heavy atom. The van der Waals surface area contributed by atoms with Crippen molar-refractivity contribution in [1.82, 2.24) is 5.32 Å². The average molecular weight is 643 g/mol. The Hall–Kier alpha value is -3.70. The summed E-state index contributed by atoms with van der Waals surface area (Å²) in [5.41, 5.74) is 2.92. The average Bonchev–Trinajstić information content (AvgIpc) is 3.00. The van der Waals surface area contributed by atoms with E-state index in [0.717, 1.165) is 0 Å². The number of anilines is 3. The van der Waals surface area contributed by atoms with Gasteiger partial charge in [-0.3, -0.25) is 19.5 Å². The molecule has 0 bridgehead atoms. The third kappa shape index (κ3) is 5.89. The number of ether oxygens (including phenoxy) is 1. The van der Waals surface area contributed by atoms with Gasteiger partial charge in [-0.2, -0.15) is 0 Å². The van der Waals surface area contributed by atoms with Gasteiger partial charge in [-0.05, 0) is 63.0 Å². The number of benzene rings is 3. The van der Waals surface area contributed by atoms with Crippen LogP contribution in [0.1, 0.15) is 12.5 Å². The molecule has 1 aliphatic heterocycles. The number of fused-ring (bicyclic) bond motifs is 1. The SMILES string of the molecule is COc1cc(NC(=O)N[C@@H]2N=C(C)c3ccccc3N(CC(=O)N(C)c3ccccc3)C2=O)c(Br)cc1Br. The minimum absolute atomic E-state index is 0.237. The number of carbonyl (C=O) groups is 3. The van der Waals surface area contributed by atoms with Crippen molar-refractivity contribution in [3.05, 3.63) is 81.2 Å². The third-order valence-corrected chi connectivity index (χ3v) is 7.25. The lowest BCUT2D eigenvalue weighted by molar-refractivity contribution is -0.123. The first-order valence-electron chi connectivity index (χ1n) is 11.6. The molecule has 0 radical (unpaired) electrons. The number of hydrogen-bond acceptors (Lipinski definition) is 5. The second-order valence-electron chi connectivity index (χ2n) is 8.41. The largest absolute Gasteiger partial charge is 0.495 e. The Balaban J connectivity index is 1.59. The zero-order valence-corrected chi connectivity index (χ0v) is 24.0. The number of carbonyl (C=O) groups excluding carboxylic acids is 3. The van der Waals surface area contributed by atoms with Crippen LogP contribution in [0.3, 0.4) is 0 Å². The second kappa shape index (κ2) is 11.8. The molecule has 3 aromatic rings. The number of nitrogens with one attached hydrogen (secondary N) is 2. The fourth-order valence-corrected chi connectivity index (χ4v) is 5.21. The van der Waals surface area contributed by atoms with E-state index in [1.165, 1.54) is 16.9 Å². The Morgan fingerprint density at radius 3 is 2.45 bits per heavy atom. The Kier molecular flexibility index (Phi) is 8.48. The van der Waals surface area contributed by atoms with Gasteiger partial charge in [-0.15, -0.1) is 0 Å². The molecule has 1 aliphatic rings. The van der Waals surface area contributed by atoms with E-state index in [1.807, 2.05) is 42.5 Å². The summed E-state index contributed by atoms with van der Waals surface area (Å²) in [6.07, 6.45) is -1.26. The van der Waals surface area contributed by atoms with Crippen molar-refractivity contribution in [2.45, 2.75) is 13.1 Å². The summed E-state index contributed by atoms with van der Waals surface area (Å²) < 4.78 is 6.61. The van der Waals surface area contributed by atoms with Gasteiger partial charge in [0.2, 0.25) is 12.1 Å². The van der Waals surface area contributed by atoms with Crippen molar-refractivity contribution in [3.8, 4) is 5.75 Å². The van der Waals surface area contributed by atoms with Gasteiger partial charge in [-0.25, -0.2) is 4.79 Å². The van der Waals surface area contributed by atoms with Crippen molar-refractivity contribution in [1.29, 1.82) is 0 Å². The molecule has 11 heteroatoms. The molecule has 0 aliphatic carbocycles. The van der Waals surface area contributed by atoms with E-state index in [9.17, 15) is 14.4 Å². The van der Waals surface area contributed by atoms with Crippen molar-refractivity contribution in [3.63, 3.8) is 0 Å². The lowest BCUT2D eigenvalue weighted by Gasteiger charge is -2.27. The maximum atomic E-state index is 13.7. The molecule has 196 valence electrons. The highest BCUT2D eigenvalue weighted by Gasteiger charge is 2.33. The number of rotatable bonds is 6. The number of methoxy groups -OCH3 is 1. The molecule has 0 saturated carbocycles. The fraction of sp³-hybridized carbons (Fsp3) is 0.185. The van der Waals surface area contributed by atoms with Crippen LogP contribution < -0.4 is 25.2 Å². The molecule has 0 fully saturated rings. The van der Waals surface area contributed by atoms with Crippen molar-refractivity contribution in [2.24, 2.45) is 4.99 Å². The fourth-order valence-electron chi connectivity index (χ4n) is 3.96. The van der Waals surface area contributed by atoms with E-state index in [2.05, 4.69) is 47.5 Å². The number of benzodiazepines with no additional fused rings is 1. The molecule has 0 unspecified atom stereocenters. The number of urea groups is 1. The van der Waals surface area contributed by atoms with E-state index < -0.39 is 18.1 Å². The van der Waals surface area contributed by atoms with Crippen molar-refractivity contribution in [2.75, 3.05) is 35.8 Å². The first-order chi connectivity index (χ1) is 18.2. The Morgan fingerprint density at radius 2 is 1.74 bits per heavy atom. The maximum Gasteiger partial charge on any atom is 0.321 e. The highest BCUT2D eigenvalue weighted by Crippen LogP contribution is 2.34. The number of likely N-dealkylation sites (N-methyl/N-ethyl adjacent to an activating group) is 1. The third-order valence-electron chi connectivity index (χ3n) is 5.98. The van der Waals surface area contributed by atoms with E-state index in [0.29, 0.717) is 43.0 Å². The number of nitrogens with zero attached hydrogens (tertiary/aromatic N) is 3. The smallest absolute Gasteiger partial charge is 0.321 e. The summed E-state index contributed by atoms with van der Waals surface area (Å²) >= 11 is 6.81. The lowest BCUT2D eigenvalue weighted by atomic mass is 10.1. The van der Waals surface area contributed by atoms with Gasteiger partial charge in [0, 0.05) is 34.5 Å². The van der Waals surface area contributed by atoms with E-state index in [1.54, 1.807) is 38.2 Å². The molecule has 38 heavy (non-hydrogen) atoms. The molecular formula is C27H25Br2N5O4. The molecule has 4 amide bonds. The van der Waals surface area contributed by atoms with Gasteiger partial charge in [-0.1, -0.05) is 36.4 Å². The molecule has 1 atom stereocenters. The molecule has 1 heterocycles. The topological polar surface area (TPSA) is 103 Å². The molecule has 0 spiro atoms. The number of amides is 4. The van der Waals surface area contributed by atoms with E-state index >= 15 is 0 Å². The summed E-state index contributed by atoms with van der Waals surface area (Å²) in [5.74, 6) is -0.315. The Bertz CT molecular complexity index is 1410. The molecule has 2 N–H and O–H groups in total. The van der Waals surface area contributed by atoms with Crippen LogP contribution in [0.15, 0.2) is 80.7 Å². The number of para-hydroxylation sites is 2. The number of halogens is 2. The van der Waals surface area contributed by atoms with Gasteiger partial charge in [0.1, 0.15) is 12.3 Å². The number of aliphatic imine (C=N–C) groups is 1. The molecular weight excluding hydrogens is 618 g/mol. The molecule has 0 saturated heterocycles. The Labute approximate surface area is 237 Å². The quantitative estimate of drug-likeness (QED) is 0.386. The minimum Gasteiger partial charge on any atom is -0.495 e. The standard InChI is InChI=1S/C27H25Br2N5O4/c1-16-18-11-7-8-12-22(18)34(15-24(35)33(2)17-9-5-4-6-10-17)26(36)25(30-16)32-27(37)31-21-14-23(38-3)20(29)13-19(21)28/h4-14,25H,15H2,1-3H3,(H2,31,32,37)/t25-/m0/s1. The predicted octanol–water partition coefficient (Wildman–Crippen LogP) is 5.19. The van der Waals surface area contributed by atoms with Gasteiger partial charge < -0.3 is 20.3 Å². The predicted molar refractivity (Wildman–Crippen MR) is 155 cm³/mol. The van der Waals surface area contributed by atoms with Crippen LogP contribution in [0.25, 0.3) is 0 Å². The van der Waals surface area contributed by atoms with Crippen molar-refractivity contribution >= 4 is 72.5 Å². The van der Waals surface area contributed by atoms with Crippen LogP contribution >= 0.6 is 31.9 Å². The summed E-state index contributed by atoms with van der Waals surface area (Å²) in [7, 11) is 3.17. The zero-order chi connectivity index (χ0) is 27.4. The van der Waals surface area contributed by atoms with Crippen LogP contribution in [0.2, 0.25) is 0 Å². The molecule has 4 rings (SSSR count). The van der Waals surface area contributed by atoms with Gasteiger partial charge in [0.15, 0.2) is 0 Å². The minimum atomic E-state index is -1.26. The van der Waals surface area contributed by atoms with Gasteiger partial charge in [0.25, 0.3) is 5.91 Å².